The molecule has 0 N–H and O–H groups in total. The second-order valence-corrected chi connectivity index (χ2v) is 5.00. The van der Waals surface area contributed by atoms with Gasteiger partial charge >= 0.3 is 0 Å². The molecular weight excluding hydrogens is 242 g/mol. The van der Waals surface area contributed by atoms with Gasteiger partial charge in [-0.05, 0) is 23.8 Å². The van der Waals surface area contributed by atoms with Crippen LogP contribution in [-0.2, 0) is 0 Å². The lowest BCUT2D eigenvalue weighted by molar-refractivity contribution is 0.616. The van der Waals surface area contributed by atoms with Crippen molar-refractivity contribution < 1.29 is 4.42 Å². The minimum Gasteiger partial charge on any atom is -0.464 e. The van der Waals surface area contributed by atoms with E-state index in [2.05, 4.69) is 23.2 Å². The zero-order valence-corrected chi connectivity index (χ0v) is 10.3. The summed E-state index contributed by atoms with van der Waals surface area (Å²) >= 11 is 1.68. The van der Waals surface area contributed by atoms with Crippen LogP contribution in [0.25, 0.3) is 32.3 Å². The molecule has 3 heteroatoms. The maximum atomic E-state index is 5.46. The van der Waals surface area contributed by atoms with Crippen LogP contribution in [0.15, 0.2) is 58.7 Å². The van der Waals surface area contributed by atoms with Crippen molar-refractivity contribution in [2.75, 3.05) is 0 Å². The Bertz CT molecular complexity index is 772. The average Bonchev–Trinajstić information content (AvgIpc) is 3.06. The number of hydrogen-bond acceptors (Lipinski definition) is 3. The summed E-state index contributed by atoms with van der Waals surface area (Å²) in [5.74, 6) is 0. The molecule has 0 aliphatic carbocycles. The van der Waals surface area contributed by atoms with Crippen LogP contribution in [0.5, 0.6) is 0 Å². The van der Waals surface area contributed by atoms with Crippen molar-refractivity contribution in [2.24, 2.45) is 0 Å². The minimum absolute atomic E-state index is 0.925. The monoisotopic (exact) mass is 251 g/mol. The summed E-state index contributed by atoms with van der Waals surface area (Å²) in [6, 6.07) is 14.4. The van der Waals surface area contributed by atoms with E-state index in [1.165, 1.54) is 15.8 Å². The summed E-state index contributed by atoms with van der Waals surface area (Å²) in [7, 11) is 0. The highest BCUT2D eigenvalue weighted by molar-refractivity contribution is 7.17. The Kier molecular flexibility index (Phi) is 2.02. The summed E-state index contributed by atoms with van der Waals surface area (Å²) in [6.45, 7) is 0. The number of hydrogen-bond donors (Lipinski definition) is 0. The Morgan fingerprint density at radius 3 is 2.83 bits per heavy atom. The van der Waals surface area contributed by atoms with Gasteiger partial charge in [0.1, 0.15) is 5.58 Å². The van der Waals surface area contributed by atoms with Crippen LogP contribution in [0.3, 0.4) is 0 Å². The van der Waals surface area contributed by atoms with Crippen LogP contribution in [0.2, 0.25) is 0 Å². The first-order valence-corrected chi connectivity index (χ1v) is 6.60. The minimum atomic E-state index is 0.925. The zero-order chi connectivity index (χ0) is 11.9. The Labute approximate surface area is 108 Å². The second-order valence-electron chi connectivity index (χ2n) is 4.14. The quantitative estimate of drug-likeness (QED) is 0.489. The molecule has 86 valence electrons. The fourth-order valence-corrected chi connectivity index (χ4v) is 3.15. The highest BCUT2D eigenvalue weighted by Gasteiger charge is 2.09. The average molecular weight is 251 g/mol. The maximum Gasteiger partial charge on any atom is 0.134 e. The molecule has 4 aromatic rings. The first-order chi connectivity index (χ1) is 8.93. The van der Waals surface area contributed by atoms with E-state index < -0.39 is 0 Å². The van der Waals surface area contributed by atoms with Gasteiger partial charge in [0.05, 0.1) is 22.0 Å². The Morgan fingerprint density at radius 1 is 0.944 bits per heavy atom. The van der Waals surface area contributed by atoms with Gasteiger partial charge in [0.25, 0.3) is 0 Å². The van der Waals surface area contributed by atoms with Gasteiger partial charge in [0.2, 0.25) is 0 Å². The van der Waals surface area contributed by atoms with Crippen LogP contribution < -0.4 is 0 Å². The summed E-state index contributed by atoms with van der Waals surface area (Å²) < 4.78 is 6.69. The van der Waals surface area contributed by atoms with E-state index in [9.17, 15) is 0 Å². The van der Waals surface area contributed by atoms with Crippen molar-refractivity contribution in [3.8, 4) is 11.1 Å². The van der Waals surface area contributed by atoms with Crippen molar-refractivity contribution in [1.82, 2.24) is 4.98 Å². The van der Waals surface area contributed by atoms with E-state index in [4.69, 9.17) is 4.42 Å². The lowest BCUT2D eigenvalue weighted by Gasteiger charge is -2.04. The van der Waals surface area contributed by atoms with E-state index in [1.54, 1.807) is 17.6 Å². The lowest BCUT2D eigenvalue weighted by atomic mass is 10.0. The molecule has 0 saturated carbocycles. The predicted molar refractivity (Wildman–Crippen MR) is 74.8 cm³/mol. The molecule has 0 aliphatic rings. The molecule has 0 fully saturated rings. The van der Waals surface area contributed by atoms with E-state index in [-0.39, 0.29) is 0 Å². The lowest BCUT2D eigenvalue weighted by Crippen LogP contribution is -1.79. The molecular formula is C15H9NOS. The fourth-order valence-electron chi connectivity index (χ4n) is 2.33. The van der Waals surface area contributed by atoms with E-state index in [1.807, 2.05) is 29.8 Å². The van der Waals surface area contributed by atoms with Crippen molar-refractivity contribution in [3.63, 3.8) is 0 Å². The topological polar surface area (TPSA) is 26.0 Å². The first kappa shape index (κ1) is 9.85. The number of aromatic nitrogens is 1. The standard InChI is InChI=1S/C15H9NOS/c1-4-12(15-13(5-1)16-9-18-15)10-3-2-6-14-11(10)7-8-17-14/h1-9H. The van der Waals surface area contributed by atoms with Gasteiger partial charge in [-0.1, -0.05) is 24.3 Å². The number of nitrogens with zero attached hydrogens (tertiary/aromatic N) is 1. The van der Waals surface area contributed by atoms with Gasteiger partial charge in [-0.2, -0.15) is 0 Å². The smallest absolute Gasteiger partial charge is 0.134 e. The molecule has 0 aliphatic heterocycles. The highest BCUT2D eigenvalue weighted by atomic mass is 32.1. The molecule has 0 unspecified atom stereocenters. The Morgan fingerprint density at radius 2 is 1.83 bits per heavy atom. The SMILES string of the molecule is c1cc(-c2cccc3occc23)c2scnc2c1. The van der Waals surface area contributed by atoms with E-state index in [0.717, 1.165) is 16.5 Å². The van der Waals surface area contributed by atoms with Crippen LogP contribution in [0.4, 0.5) is 0 Å². The molecule has 18 heavy (non-hydrogen) atoms. The third kappa shape index (κ3) is 1.31. The molecule has 0 atom stereocenters. The summed E-state index contributed by atoms with van der Waals surface area (Å²) in [4.78, 5) is 4.37. The number of furan rings is 1. The van der Waals surface area contributed by atoms with Gasteiger partial charge < -0.3 is 4.42 Å². The van der Waals surface area contributed by atoms with Gasteiger partial charge in [-0.15, -0.1) is 11.3 Å². The molecule has 0 saturated heterocycles. The van der Waals surface area contributed by atoms with Crippen molar-refractivity contribution >= 4 is 32.5 Å². The largest absolute Gasteiger partial charge is 0.464 e. The number of rotatable bonds is 1. The van der Waals surface area contributed by atoms with Crippen molar-refractivity contribution in [1.29, 1.82) is 0 Å². The number of thiazole rings is 1. The van der Waals surface area contributed by atoms with Crippen LogP contribution >= 0.6 is 11.3 Å². The van der Waals surface area contributed by atoms with Crippen LogP contribution in [-0.4, -0.2) is 4.98 Å². The first-order valence-electron chi connectivity index (χ1n) is 5.72. The summed E-state index contributed by atoms with van der Waals surface area (Å²) in [5, 5.41) is 1.15. The third-order valence-electron chi connectivity index (χ3n) is 3.14. The number of benzene rings is 2. The number of fused-ring (bicyclic) bond motifs is 2. The van der Waals surface area contributed by atoms with E-state index >= 15 is 0 Å². The molecule has 2 aromatic heterocycles. The normalized spacial score (nSPS) is 11.3. The Hall–Kier alpha value is -2.13. The van der Waals surface area contributed by atoms with E-state index in [0.29, 0.717) is 0 Å². The molecule has 0 amide bonds. The maximum absolute atomic E-state index is 5.46. The van der Waals surface area contributed by atoms with Crippen molar-refractivity contribution in [2.45, 2.75) is 0 Å². The van der Waals surface area contributed by atoms with Crippen molar-refractivity contribution in [3.05, 3.63) is 54.2 Å². The third-order valence-corrected chi connectivity index (χ3v) is 4.02. The highest BCUT2D eigenvalue weighted by Crippen LogP contribution is 2.35. The Balaban J connectivity index is 2.13. The molecule has 0 spiro atoms. The van der Waals surface area contributed by atoms with Crippen LogP contribution in [0, 0.1) is 0 Å². The molecule has 2 heterocycles. The van der Waals surface area contributed by atoms with Gasteiger partial charge in [-0.3, -0.25) is 0 Å². The van der Waals surface area contributed by atoms with Gasteiger partial charge in [-0.25, -0.2) is 4.98 Å². The second kappa shape index (κ2) is 3.68. The fraction of sp³-hybridized carbons (Fsp3) is 0. The predicted octanol–water partition coefficient (Wildman–Crippen LogP) is 4.71. The van der Waals surface area contributed by atoms with Gasteiger partial charge in [0.15, 0.2) is 0 Å². The summed E-state index contributed by atoms with van der Waals surface area (Å²) in [6.07, 6.45) is 1.74. The van der Waals surface area contributed by atoms with Gasteiger partial charge in [0, 0.05) is 10.9 Å². The molecule has 0 bridgehead atoms. The zero-order valence-electron chi connectivity index (χ0n) is 9.46. The summed E-state index contributed by atoms with van der Waals surface area (Å²) in [5.41, 5.74) is 6.30. The van der Waals surface area contributed by atoms with Crippen LogP contribution in [0.1, 0.15) is 0 Å². The molecule has 4 rings (SSSR count). The molecule has 2 aromatic carbocycles. The molecule has 0 radical (unpaired) electrons. The molecule has 2 nitrogen and oxygen atoms in total.